The fraction of sp³-hybridized carbons (Fsp3) is 0.200. The number of fused-ring (bicyclic) bond motifs is 2. The summed E-state index contributed by atoms with van der Waals surface area (Å²) in [7, 11) is 1.55. The molecule has 0 saturated carbocycles. The normalized spacial score (nSPS) is 16.0. The van der Waals surface area contributed by atoms with Crippen molar-refractivity contribution in [2.24, 2.45) is 0 Å². The Labute approximate surface area is 163 Å². The van der Waals surface area contributed by atoms with Gasteiger partial charge in [-0.3, -0.25) is 9.59 Å². The monoisotopic (exact) mass is 429 g/mol. The van der Waals surface area contributed by atoms with Crippen molar-refractivity contribution in [1.29, 1.82) is 0 Å². The van der Waals surface area contributed by atoms with Crippen molar-refractivity contribution in [2.45, 2.75) is 6.04 Å². The van der Waals surface area contributed by atoms with Crippen molar-refractivity contribution in [3.8, 4) is 5.75 Å². The SMILES string of the molecule is COc1cccc([C@@H]2c3c(oc4ccc(Br)cc4c3=O)C(=O)N2CCO)c1. The molecular formula is C20H16BrNO5. The molecule has 0 fully saturated rings. The molecule has 1 aliphatic rings. The van der Waals surface area contributed by atoms with E-state index in [1.807, 2.05) is 6.07 Å². The zero-order valence-electron chi connectivity index (χ0n) is 14.4. The number of aliphatic hydroxyl groups is 1. The molecule has 1 aromatic heterocycles. The standard InChI is InChI=1S/C20H16BrNO5/c1-26-13-4-2-3-11(9-13)17-16-18(24)14-10-12(21)5-6-15(14)27-19(16)20(25)22(17)7-8-23/h2-6,9-10,17,23H,7-8H2,1H3/t17-/m1/s1. The fourth-order valence-electron chi connectivity index (χ4n) is 3.49. The summed E-state index contributed by atoms with van der Waals surface area (Å²) < 4.78 is 11.8. The number of ether oxygens (including phenoxy) is 1. The highest BCUT2D eigenvalue weighted by atomic mass is 79.9. The van der Waals surface area contributed by atoms with Crippen LogP contribution in [0.3, 0.4) is 0 Å². The molecule has 0 bridgehead atoms. The zero-order chi connectivity index (χ0) is 19.1. The molecule has 1 atom stereocenters. The van der Waals surface area contributed by atoms with E-state index in [1.54, 1.807) is 43.5 Å². The zero-order valence-corrected chi connectivity index (χ0v) is 16.0. The van der Waals surface area contributed by atoms with Gasteiger partial charge >= 0.3 is 0 Å². The Kier molecular flexibility index (Phi) is 4.49. The molecule has 6 nitrogen and oxygen atoms in total. The van der Waals surface area contributed by atoms with Crippen molar-refractivity contribution in [3.63, 3.8) is 0 Å². The van der Waals surface area contributed by atoms with Gasteiger partial charge in [0.2, 0.25) is 5.76 Å². The number of carbonyl (C=O) groups is 1. The summed E-state index contributed by atoms with van der Waals surface area (Å²) in [6.45, 7) is -0.135. The van der Waals surface area contributed by atoms with E-state index in [1.165, 1.54) is 4.90 Å². The third-order valence-electron chi connectivity index (χ3n) is 4.68. The van der Waals surface area contributed by atoms with Gasteiger partial charge in [0.25, 0.3) is 5.91 Å². The van der Waals surface area contributed by atoms with Gasteiger partial charge in [-0.25, -0.2) is 0 Å². The number of methoxy groups -OCH3 is 1. The maximum absolute atomic E-state index is 13.3. The molecule has 1 N–H and O–H groups in total. The summed E-state index contributed by atoms with van der Waals surface area (Å²) in [4.78, 5) is 27.6. The molecule has 2 aromatic carbocycles. The van der Waals surface area contributed by atoms with E-state index in [9.17, 15) is 14.7 Å². The molecular weight excluding hydrogens is 414 g/mol. The lowest BCUT2D eigenvalue weighted by Crippen LogP contribution is -2.32. The molecule has 0 unspecified atom stereocenters. The van der Waals surface area contributed by atoms with Gasteiger partial charge in [0, 0.05) is 11.0 Å². The predicted octanol–water partition coefficient (Wildman–Crippen LogP) is 3.10. The number of rotatable bonds is 4. The van der Waals surface area contributed by atoms with Crippen molar-refractivity contribution < 1.29 is 19.1 Å². The van der Waals surface area contributed by atoms with Gasteiger partial charge in [-0.15, -0.1) is 0 Å². The minimum Gasteiger partial charge on any atom is -0.497 e. The van der Waals surface area contributed by atoms with E-state index in [0.29, 0.717) is 16.7 Å². The van der Waals surface area contributed by atoms with Crippen LogP contribution < -0.4 is 10.2 Å². The summed E-state index contributed by atoms with van der Waals surface area (Å²) in [5, 5.41) is 9.85. The van der Waals surface area contributed by atoms with Crippen molar-refractivity contribution in [1.82, 2.24) is 4.90 Å². The Bertz CT molecular complexity index is 1110. The van der Waals surface area contributed by atoms with E-state index in [4.69, 9.17) is 9.15 Å². The van der Waals surface area contributed by atoms with Gasteiger partial charge in [-0.1, -0.05) is 28.1 Å². The highest BCUT2D eigenvalue weighted by Gasteiger charge is 2.42. The maximum Gasteiger partial charge on any atom is 0.290 e. The largest absolute Gasteiger partial charge is 0.497 e. The number of β-amino-alcohol motifs (C(OH)–C–C–N with tert-alkyl or cyclic N) is 1. The Morgan fingerprint density at radius 1 is 1.22 bits per heavy atom. The smallest absolute Gasteiger partial charge is 0.290 e. The molecule has 0 saturated heterocycles. The van der Waals surface area contributed by atoms with Gasteiger partial charge in [-0.05, 0) is 35.9 Å². The summed E-state index contributed by atoms with van der Waals surface area (Å²) in [6, 6.07) is 11.6. The van der Waals surface area contributed by atoms with Gasteiger partial charge in [0.15, 0.2) is 5.43 Å². The maximum atomic E-state index is 13.3. The molecule has 0 aliphatic carbocycles. The predicted molar refractivity (Wildman–Crippen MR) is 103 cm³/mol. The van der Waals surface area contributed by atoms with Gasteiger partial charge in [-0.2, -0.15) is 0 Å². The quantitative estimate of drug-likeness (QED) is 0.688. The second-order valence-electron chi connectivity index (χ2n) is 6.22. The van der Waals surface area contributed by atoms with Crippen LogP contribution in [0.1, 0.15) is 27.7 Å². The first-order valence-electron chi connectivity index (χ1n) is 8.37. The second-order valence-corrected chi connectivity index (χ2v) is 7.13. The van der Waals surface area contributed by atoms with Crippen LogP contribution in [-0.4, -0.2) is 36.2 Å². The summed E-state index contributed by atoms with van der Waals surface area (Å²) in [5.74, 6) is 0.232. The molecule has 138 valence electrons. The van der Waals surface area contributed by atoms with Crippen LogP contribution in [0.2, 0.25) is 0 Å². The summed E-state index contributed by atoms with van der Waals surface area (Å²) in [6.07, 6.45) is 0. The van der Waals surface area contributed by atoms with Crippen molar-refractivity contribution >= 4 is 32.8 Å². The number of carbonyl (C=O) groups excluding carboxylic acids is 1. The minimum atomic E-state index is -0.644. The Hall–Kier alpha value is -2.64. The third-order valence-corrected chi connectivity index (χ3v) is 5.17. The van der Waals surface area contributed by atoms with E-state index in [0.717, 1.165) is 10.0 Å². The Morgan fingerprint density at radius 2 is 2.04 bits per heavy atom. The average molecular weight is 430 g/mol. The van der Waals surface area contributed by atoms with Gasteiger partial charge in [0.05, 0.1) is 30.7 Å². The molecule has 2 heterocycles. The number of aliphatic hydroxyl groups excluding tert-OH is 1. The fourth-order valence-corrected chi connectivity index (χ4v) is 3.85. The number of hydrogen-bond acceptors (Lipinski definition) is 5. The average Bonchev–Trinajstić information content (AvgIpc) is 2.95. The van der Waals surface area contributed by atoms with Crippen LogP contribution >= 0.6 is 15.9 Å². The van der Waals surface area contributed by atoms with E-state index < -0.39 is 11.9 Å². The number of benzene rings is 2. The first-order chi connectivity index (χ1) is 13.0. The van der Waals surface area contributed by atoms with E-state index in [2.05, 4.69) is 15.9 Å². The van der Waals surface area contributed by atoms with Crippen LogP contribution in [0.15, 0.2) is 56.1 Å². The molecule has 0 radical (unpaired) electrons. The van der Waals surface area contributed by atoms with Gasteiger partial charge in [0.1, 0.15) is 11.3 Å². The van der Waals surface area contributed by atoms with E-state index >= 15 is 0 Å². The first-order valence-corrected chi connectivity index (χ1v) is 9.16. The van der Waals surface area contributed by atoms with Crippen molar-refractivity contribution in [2.75, 3.05) is 20.3 Å². The lowest BCUT2D eigenvalue weighted by molar-refractivity contribution is 0.0691. The van der Waals surface area contributed by atoms with Crippen LogP contribution in [0.4, 0.5) is 0 Å². The topological polar surface area (TPSA) is 80.0 Å². The highest BCUT2D eigenvalue weighted by Crippen LogP contribution is 2.38. The van der Waals surface area contributed by atoms with Gasteiger partial charge < -0.3 is 19.2 Å². The lowest BCUT2D eigenvalue weighted by atomic mass is 9.98. The molecule has 1 amide bonds. The molecule has 0 spiro atoms. The first kappa shape index (κ1) is 17.8. The highest BCUT2D eigenvalue weighted by molar-refractivity contribution is 9.10. The van der Waals surface area contributed by atoms with Crippen molar-refractivity contribution in [3.05, 3.63) is 74.0 Å². The van der Waals surface area contributed by atoms with Crippen LogP contribution in [0.5, 0.6) is 5.75 Å². The van der Waals surface area contributed by atoms with Crippen LogP contribution in [0.25, 0.3) is 11.0 Å². The van der Waals surface area contributed by atoms with Crippen LogP contribution in [0, 0.1) is 0 Å². The molecule has 7 heteroatoms. The minimum absolute atomic E-state index is 0.0242. The molecule has 3 aromatic rings. The second kappa shape index (κ2) is 6.83. The Balaban J connectivity index is 2.01. The third kappa shape index (κ3) is 2.83. The summed E-state index contributed by atoms with van der Waals surface area (Å²) >= 11 is 3.37. The number of hydrogen-bond donors (Lipinski definition) is 1. The summed E-state index contributed by atoms with van der Waals surface area (Å²) in [5.41, 5.74) is 1.10. The Morgan fingerprint density at radius 3 is 2.78 bits per heavy atom. The number of amides is 1. The van der Waals surface area contributed by atoms with Crippen LogP contribution in [-0.2, 0) is 0 Å². The molecule has 4 rings (SSSR count). The molecule has 27 heavy (non-hydrogen) atoms. The molecule has 1 aliphatic heterocycles. The number of halogens is 1. The number of nitrogens with zero attached hydrogens (tertiary/aromatic N) is 1. The lowest BCUT2D eigenvalue weighted by Gasteiger charge is -2.24. The van der Waals surface area contributed by atoms with E-state index in [-0.39, 0.29) is 29.9 Å².